The normalized spacial score (nSPS) is 10.9. The molecule has 0 atom stereocenters. The van der Waals surface area contributed by atoms with Crippen molar-refractivity contribution in [2.24, 2.45) is 0 Å². The highest BCUT2D eigenvalue weighted by Gasteiger charge is 2.21. The molecule has 0 aliphatic carbocycles. The number of thiazole rings is 1. The molecule has 0 spiro atoms. The van der Waals surface area contributed by atoms with Gasteiger partial charge >= 0.3 is 0 Å². The molecule has 0 saturated heterocycles. The fourth-order valence-electron chi connectivity index (χ4n) is 3.31. The summed E-state index contributed by atoms with van der Waals surface area (Å²) in [5, 5.41) is 0.716. The highest BCUT2D eigenvalue weighted by atomic mass is 32.2. The molecule has 7 heteroatoms. The number of anilines is 1. The van der Waals surface area contributed by atoms with Gasteiger partial charge in [0.1, 0.15) is 5.75 Å². The zero-order valence-electron chi connectivity index (χ0n) is 17.7. The first-order valence-electron chi connectivity index (χ1n) is 9.87. The molecule has 0 radical (unpaired) electrons. The largest absolute Gasteiger partial charge is 0.497 e. The first-order valence-corrected chi connectivity index (χ1v) is 11.7. The molecule has 5 nitrogen and oxygen atoms in total. The van der Waals surface area contributed by atoms with E-state index in [1.165, 1.54) is 22.9 Å². The van der Waals surface area contributed by atoms with Gasteiger partial charge in [-0.3, -0.25) is 14.7 Å². The molecule has 2 aromatic heterocycles. The Labute approximate surface area is 190 Å². The molecule has 0 aliphatic heterocycles. The number of hydrogen-bond acceptors (Lipinski definition) is 6. The molecule has 0 fully saturated rings. The van der Waals surface area contributed by atoms with Crippen LogP contribution in [0.15, 0.2) is 65.8 Å². The minimum Gasteiger partial charge on any atom is -0.497 e. The molecule has 0 saturated carbocycles. The van der Waals surface area contributed by atoms with Gasteiger partial charge in [-0.05, 0) is 66.9 Å². The van der Waals surface area contributed by atoms with E-state index >= 15 is 0 Å². The number of carbonyl (C=O) groups excluding carboxylic acids is 1. The van der Waals surface area contributed by atoms with Gasteiger partial charge in [0.05, 0.1) is 29.6 Å². The van der Waals surface area contributed by atoms with Crippen molar-refractivity contribution in [1.29, 1.82) is 0 Å². The van der Waals surface area contributed by atoms with Crippen LogP contribution >= 0.6 is 23.1 Å². The van der Waals surface area contributed by atoms with Gasteiger partial charge in [0.15, 0.2) is 5.13 Å². The Hall–Kier alpha value is -2.90. The lowest BCUT2D eigenvalue weighted by atomic mass is 10.1. The number of methoxy groups -OCH3 is 1. The number of hydrogen-bond donors (Lipinski definition) is 0. The van der Waals surface area contributed by atoms with E-state index < -0.39 is 0 Å². The molecule has 1 amide bonds. The molecule has 31 heavy (non-hydrogen) atoms. The number of fused-ring (bicyclic) bond motifs is 1. The highest BCUT2D eigenvalue weighted by molar-refractivity contribution is 8.00. The number of carbonyl (C=O) groups is 1. The lowest BCUT2D eigenvalue weighted by Gasteiger charge is -2.19. The molecule has 0 N–H and O–H groups in total. The van der Waals surface area contributed by atoms with Crippen LogP contribution in [0.25, 0.3) is 10.2 Å². The average Bonchev–Trinajstić information content (AvgIpc) is 3.21. The molecule has 0 bridgehead atoms. The second-order valence-corrected chi connectivity index (χ2v) is 9.26. The summed E-state index contributed by atoms with van der Waals surface area (Å²) in [6, 6.07) is 15.8. The predicted molar refractivity (Wildman–Crippen MR) is 128 cm³/mol. The Morgan fingerprint density at radius 2 is 1.97 bits per heavy atom. The second-order valence-electron chi connectivity index (χ2n) is 7.23. The van der Waals surface area contributed by atoms with Crippen molar-refractivity contribution < 1.29 is 9.53 Å². The van der Waals surface area contributed by atoms with Crippen LogP contribution in [-0.2, 0) is 11.3 Å². The quantitative estimate of drug-likeness (QED) is 0.342. The van der Waals surface area contributed by atoms with E-state index in [0.717, 1.165) is 26.4 Å². The molecule has 4 aromatic rings. The van der Waals surface area contributed by atoms with Crippen LogP contribution in [0.4, 0.5) is 5.13 Å². The first kappa shape index (κ1) is 21.3. The Kier molecular flexibility index (Phi) is 6.53. The SMILES string of the molecule is COc1ccc(SCC(=O)N(Cc2cccnc2)c2nc3cc(C)cc(C)c3s2)cc1. The molecule has 2 aromatic carbocycles. The fourth-order valence-corrected chi connectivity index (χ4v) is 5.12. The van der Waals surface area contributed by atoms with E-state index in [4.69, 9.17) is 9.72 Å². The van der Waals surface area contributed by atoms with E-state index in [1.54, 1.807) is 35.7 Å². The number of nitrogens with zero attached hydrogens (tertiary/aromatic N) is 3. The van der Waals surface area contributed by atoms with Gasteiger partial charge in [-0.1, -0.05) is 23.5 Å². The number of thioether (sulfide) groups is 1. The smallest absolute Gasteiger partial charge is 0.239 e. The number of amides is 1. The predicted octanol–water partition coefficient (Wildman–Crippen LogP) is 5.64. The van der Waals surface area contributed by atoms with Crippen molar-refractivity contribution in [3.8, 4) is 5.75 Å². The summed E-state index contributed by atoms with van der Waals surface area (Å²) in [4.78, 5) is 25.1. The number of pyridine rings is 1. The third-order valence-corrected chi connectivity index (χ3v) is 7.05. The van der Waals surface area contributed by atoms with Crippen LogP contribution in [-0.4, -0.2) is 28.7 Å². The average molecular weight is 450 g/mol. The van der Waals surface area contributed by atoms with Crippen LogP contribution in [0, 0.1) is 13.8 Å². The van der Waals surface area contributed by atoms with Crippen molar-refractivity contribution in [3.05, 3.63) is 77.6 Å². The highest BCUT2D eigenvalue weighted by Crippen LogP contribution is 2.33. The van der Waals surface area contributed by atoms with Crippen molar-refractivity contribution >= 4 is 44.4 Å². The Bertz CT molecular complexity index is 1190. The zero-order chi connectivity index (χ0) is 21.8. The summed E-state index contributed by atoms with van der Waals surface area (Å²) < 4.78 is 6.32. The molecule has 158 valence electrons. The van der Waals surface area contributed by atoms with Gasteiger partial charge in [-0.2, -0.15) is 0 Å². The van der Waals surface area contributed by atoms with E-state index in [2.05, 4.69) is 31.0 Å². The minimum atomic E-state index is 0.0121. The monoisotopic (exact) mass is 449 g/mol. The number of ether oxygens (including phenoxy) is 1. The standard InChI is InChI=1S/C24H23N3O2S2/c1-16-11-17(2)23-21(12-16)26-24(31-23)27(14-18-5-4-10-25-13-18)22(28)15-30-20-8-6-19(29-3)7-9-20/h4-13H,14-15H2,1-3H3. The van der Waals surface area contributed by atoms with Gasteiger partial charge in [0.2, 0.25) is 5.91 Å². The molecule has 0 aliphatic rings. The first-order chi connectivity index (χ1) is 15.0. The summed E-state index contributed by atoms with van der Waals surface area (Å²) in [6.07, 6.45) is 3.53. The van der Waals surface area contributed by atoms with Crippen LogP contribution < -0.4 is 9.64 Å². The van der Waals surface area contributed by atoms with Gasteiger partial charge < -0.3 is 4.74 Å². The summed E-state index contributed by atoms with van der Waals surface area (Å²) in [5.74, 6) is 1.13. The van der Waals surface area contributed by atoms with Gasteiger partial charge in [0, 0.05) is 17.3 Å². The van der Waals surface area contributed by atoms with Crippen LogP contribution in [0.2, 0.25) is 0 Å². The summed E-state index contributed by atoms with van der Waals surface area (Å²) in [5.41, 5.74) is 4.25. The van der Waals surface area contributed by atoms with Gasteiger partial charge in [-0.15, -0.1) is 11.8 Å². The fraction of sp³-hybridized carbons (Fsp3) is 0.208. The third kappa shape index (κ3) is 5.06. The van der Waals surface area contributed by atoms with E-state index in [9.17, 15) is 4.79 Å². The third-order valence-electron chi connectivity index (χ3n) is 4.83. The van der Waals surface area contributed by atoms with Crippen molar-refractivity contribution in [2.75, 3.05) is 17.8 Å². The maximum absolute atomic E-state index is 13.3. The van der Waals surface area contributed by atoms with Crippen LogP contribution in [0.1, 0.15) is 16.7 Å². The zero-order valence-corrected chi connectivity index (χ0v) is 19.3. The lowest BCUT2D eigenvalue weighted by Crippen LogP contribution is -2.31. The number of benzene rings is 2. The summed E-state index contributed by atoms with van der Waals surface area (Å²) in [6.45, 7) is 4.59. The number of aryl methyl sites for hydroxylation is 2. The molecular formula is C24H23N3O2S2. The molecule has 2 heterocycles. The molecular weight excluding hydrogens is 426 g/mol. The van der Waals surface area contributed by atoms with Crippen molar-refractivity contribution in [2.45, 2.75) is 25.3 Å². The van der Waals surface area contributed by atoms with Crippen LogP contribution in [0.3, 0.4) is 0 Å². The Balaban J connectivity index is 1.60. The Morgan fingerprint density at radius 3 is 2.68 bits per heavy atom. The van der Waals surface area contributed by atoms with E-state index in [0.29, 0.717) is 17.4 Å². The van der Waals surface area contributed by atoms with Gasteiger partial charge in [0.25, 0.3) is 0 Å². The maximum Gasteiger partial charge on any atom is 0.239 e. The minimum absolute atomic E-state index is 0.0121. The van der Waals surface area contributed by atoms with E-state index in [1.807, 2.05) is 36.4 Å². The summed E-state index contributed by atoms with van der Waals surface area (Å²) in [7, 11) is 1.64. The number of aromatic nitrogens is 2. The Morgan fingerprint density at radius 1 is 1.16 bits per heavy atom. The van der Waals surface area contributed by atoms with Crippen molar-refractivity contribution in [1.82, 2.24) is 9.97 Å². The number of rotatable bonds is 7. The van der Waals surface area contributed by atoms with Crippen molar-refractivity contribution in [3.63, 3.8) is 0 Å². The van der Waals surface area contributed by atoms with Crippen LogP contribution in [0.5, 0.6) is 5.75 Å². The van der Waals surface area contributed by atoms with Gasteiger partial charge in [-0.25, -0.2) is 4.98 Å². The molecule has 0 unspecified atom stereocenters. The maximum atomic E-state index is 13.3. The van der Waals surface area contributed by atoms with E-state index in [-0.39, 0.29) is 5.91 Å². The second kappa shape index (κ2) is 9.49. The summed E-state index contributed by atoms with van der Waals surface area (Å²) >= 11 is 3.07. The lowest BCUT2D eigenvalue weighted by molar-refractivity contribution is -0.116. The topological polar surface area (TPSA) is 55.3 Å². The molecule has 4 rings (SSSR count).